The number of nitrogens with zero attached hydrogens (tertiary/aromatic N) is 3. The predicted molar refractivity (Wildman–Crippen MR) is 109 cm³/mol. The third kappa shape index (κ3) is 10.2. The number of likely N-dealkylation sites (N-methyl/N-ethyl adjacent to an activating group) is 1. The van der Waals surface area contributed by atoms with Gasteiger partial charge in [-0.15, -0.1) is 0 Å². The minimum Gasteiger partial charge on any atom is -0.475 e. The Hall–Kier alpha value is -3.10. The molecule has 1 aliphatic rings. The van der Waals surface area contributed by atoms with E-state index >= 15 is 0 Å². The molecule has 0 radical (unpaired) electrons. The Bertz CT molecular complexity index is 835. The van der Waals surface area contributed by atoms with Crippen molar-refractivity contribution in [3.05, 3.63) is 22.9 Å². The molecule has 1 amide bonds. The molecule has 1 aromatic rings. The average molecular weight is 504 g/mol. The number of fused-ring (bicyclic) bond motifs is 1. The summed E-state index contributed by atoms with van der Waals surface area (Å²) in [5.41, 5.74) is 3.02. The van der Waals surface area contributed by atoms with E-state index in [1.807, 2.05) is 25.1 Å². The van der Waals surface area contributed by atoms with Crippen LogP contribution in [0.2, 0.25) is 0 Å². The van der Waals surface area contributed by atoms with Gasteiger partial charge in [0.15, 0.2) is 0 Å². The first-order valence-electron chi connectivity index (χ1n) is 9.70. The second-order valence-corrected chi connectivity index (χ2v) is 6.98. The summed E-state index contributed by atoms with van der Waals surface area (Å²) in [6.45, 7) is 5.34. The van der Waals surface area contributed by atoms with E-state index in [1.54, 1.807) is 7.05 Å². The lowest BCUT2D eigenvalue weighted by atomic mass is 10.0. The summed E-state index contributed by atoms with van der Waals surface area (Å²) >= 11 is 0. The van der Waals surface area contributed by atoms with Gasteiger partial charge in [0.1, 0.15) is 5.82 Å². The predicted octanol–water partition coefficient (Wildman–Crippen LogP) is 2.19. The third-order valence-electron chi connectivity index (χ3n) is 4.36. The van der Waals surface area contributed by atoms with Crippen molar-refractivity contribution in [2.45, 2.75) is 32.1 Å². The van der Waals surface area contributed by atoms with Crippen LogP contribution in [0.4, 0.5) is 32.2 Å². The molecule has 1 aliphatic heterocycles. The van der Waals surface area contributed by atoms with Crippen LogP contribution in [0.3, 0.4) is 0 Å². The largest absolute Gasteiger partial charge is 0.490 e. The molecular weight excluding hydrogens is 478 g/mol. The van der Waals surface area contributed by atoms with E-state index in [4.69, 9.17) is 24.8 Å². The Morgan fingerprint density at radius 1 is 1.03 bits per heavy atom. The van der Waals surface area contributed by atoms with Gasteiger partial charge in [-0.3, -0.25) is 4.79 Å². The zero-order chi connectivity index (χ0) is 26.9. The number of hydrogen-bond acceptors (Lipinski definition) is 6. The molecule has 34 heavy (non-hydrogen) atoms. The lowest BCUT2D eigenvalue weighted by Gasteiger charge is -2.18. The smallest absolute Gasteiger partial charge is 0.475 e. The summed E-state index contributed by atoms with van der Waals surface area (Å²) in [6.07, 6.45) is -8.24. The monoisotopic (exact) mass is 504 g/mol. The molecule has 0 saturated carbocycles. The number of carbonyl (C=O) groups excluding carboxylic acids is 1. The maximum atomic E-state index is 12.0. The lowest BCUT2D eigenvalue weighted by molar-refractivity contribution is -0.193. The molecule has 0 fully saturated rings. The molecule has 0 unspecified atom stereocenters. The summed E-state index contributed by atoms with van der Waals surface area (Å²) in [6, 6.07) is 2.02. The number of carbonyl (C=O) groups is 3. The first kappa shape index (κ1) is 30.9. The lowest BCUT2D eigenvalue weighted by Crippen LogP contribution is -2.25. The van der Waals surface area contributed by atoms with Crippen molar-refractivity contribution in [3.63, 3.8) is 0 Å². The van der Waals surface area contributed by atoms with E-state index < -0.39 is 24.3 Å². The Morgan fingerprint density at radius 3 is 1.82 bits per heavy atom. The average Bonchev–Trinajstić information content (AvgIpc) is 2.93. The van der Waals surface area contributed by atoms with Crippen molar-refractivity contribution >= 4 is 23.7 Å². The molecule has 0 atom stereocenters. The van der Waals surface area contributed by atoms with E-state index in [1.165, 1.54) is 5.56 Å². The van der Waals surface area contributed by atoms with Crippen molar-refractivity contribution in [2.75, 3.05) is 45.7 Å². The van der Waals surface area contributed by atoms with Gasteiger partial charge in [-0.2, -0.15) is 26.3 Å². The van der Waals surface area contributed by atoms with Gasteiger partial charge >= 0.3 is 24.3 Å². The molecule has 0 aromatic carbocycles. The second-order valence-electron chi connectivity index (χ2n) is 6.98. The minimum absolute atomic E-state index is 0.0689. The van der Waals surface area contributed by atoms with Gasteiger partial charge in [-0.05, 0) is 24.6 Å². The first-order chi connectivity index (χ1) is 15.4. The van der Waals surface area contributed by atoms with E-state index in [0.717, 1.165) is 44.0 Å². The van der Waals surface area contributed by atoms with E-state index in [-0.39, 0.29) is 5.91 Å². The molecule has 2 rings (SSSR count). The number of nitrogens with one attached hydrogen (secondary N) is 1. The summed E-state index contributed by atoms with van der Waals surface area (Å²) in [7, 11) is 5.51. The second kappa shape index (κ2) is 13.0. The molecule has 0 saturated heterocycles. The fourth-order valence-electron chi connectivity index (χ4n) is 2.63. The molecule has 3 N–H and O–H groups in total. The van der Waals surface area contributed by atoms with Crippen LogP contribution in [-0.2, 0) is 22.4 Å². The Labute approximate surface area is 191 Å². The third-order valence-corrected chi connectivity index (χ3v) is 4.36. The standard InChI is InChI=1S/C15H24N4O.2C2HF3O2/c1-5-19-8-6-11-10-12(15(20)16-2)14(18(3)4)17-13(11)7-9-19;2*3-2(4,5)1(6)7/h10H,5-9H2,1-4H3,(H,16,20);2*(H,6,7). The number of amides is 1. The molecule has 0 spiro atoms. The normalized spacial score (nSPS) is 13.7. The van der Waals surface area contributed by atoms with E-state index in [9.17, 15) is 31.1 Å². The minimum atomic E-state index is -5.08. The number of alkyl halides is 6. The van der Waals surface area contributed by atoms with Crippen LogP contribution in [0.1, 0.15) is 28.5 Å². The van der Waals surface area contributed by atoms with Gasteiger partial charge in [-0.25, -0.2) is 14.6 Å². The number of anilines is 1. The highest BCUT2D eigenvalue weighted by molar-refractivity contribution is 5.99. The first-order valence-corrected chi connectivity index (χ1v) is 9.70. The molecule has 1 aromatic heterocycles. The highest BCUT2D eigenvalue weighted by atomic mass is 19.4. The number of aromatic nitrogens is 1. The summed E-state index contributed by atoms with van der Waals surface area (Å²) in [5.74, 6) is -4.83. The van der Waals surface area contributed by atoms with Crippen LogP contribution in [-0.4, -0.2) is 91.1 Å². The van der Waals surface area contributed by atoms with Gasteiger partial charge in [0.2, 0.25) is 0 Å². The number of carboxylic acids is 2. The molecule has 194 valence electrons. The highest BCUT2D eigenvalue weighted by Crippen LogP contribution is 2.23. The molecule has 15 heteroatoms. The quantitative estimate of drug-likeness (QED) is 0.536. The van der Waals surface area contributed by atoms with Crippen molar-refractivity contribution in [1.29, 1.82) is 0 Å². The number of pyridine rings is 1. The van der Waals surface area contributed by atoms with Crippen molar-refractivity contribution in [3.8, 4) is 0 Å². The van der Waals surface area contributed by atoms with E-state index in [0.29, 0.717) is 5.56 Å². The van der Waals surface area contributed by atoms with E-state index in [2.05, 4.69) is 17.1 Å². The number of hydrogen-bond donors (Lipinski definition) is 3. The fourth-order valence-corrected chi connectivity index (χ4v) is 2.63. The fraction of sp³-hybridized carbons (Fsp3) is 0.579. The number of aliphatic carboxylic acids is 2. The SMILES string of the molecule is CCN1CCc2cc(C(=O)NC)c(N(C)C)nc2CC1.O=C(O)C(F)(F)F.O=C(O)C(F)(F)F. The number of carboxylic acid groups (broad SMARTS) is 2. The van der Waals surface area contributed by atoms with Crippen LogP contribution < -0.4 is 10.2 Å². The topological polar surface area (TPSA) is 123 Å². The molecule has 0 aliphatic carbocycles. The summed E-state index contributed by atoms with van der Waals surface area (Å²) in [4.78, 5) is 38.9. The Balaban J connectivity index is 0.000000642. The van der Waals surface area contributed by atoms with Crippen molar-refractivity contribution in [1.82, 2.24) is 15.2 Å². The van der Waals surface area contributed by atoms with Gasteiger partial charge in [0.25, 0.3) is 5.91 Å². The van der Waals surface area contributed by atoms with Crippen LogP contribution in [0.5, 0.6) is 0 Å². The van der Waals surface area contributed by atoms with Crippen LogP contribution >= 0.6 is 0 Å². The van der Waals surface area contributed by atoms with Gasteiger partial charge in [0.05, 0.1) is 5.56 Å². The van der Waals surface area contributed by atoms with Crippen LogP contribution in [0.15, 0.2) is 6.07 Å². The zero-order valence-electron chi connectivity index (χ0n) is 18.8. The van der Waals surface area contributed by atoms with Crippen LogP contribution in [0, 0.1) is 0 Å². The van der Waals surface area contributed by atoms with Crippen molar-refractivity contribution < 1.29 is 50.9 Å². The Kier molecular flexibility index (Phi) is 11.8. The summed E-state index contributed by atoms with van der Waals surface area (Å²) < 4.78 is 63.5. The molecule has 9 nitrogen and oxygen atoms in total. The molecule has 2 heterocycles. The van der Waals surface area contributed by atoms with Crippen LogP contribution in [0.25, 0.3) is 0 Å². The Morgan fingerprint density at radius 2 is 1.47 bits per heavy atom. The number of halogens is 6. The van der Waals surface area contributed by atoms with Gasteiger partial charge in [0, 0.05) is 46.3 Å². The molecular formula is C19H26F6N4O5. The maximum Gasteiger partial charge on any atom is 0.490 e. The maximum absolute atomic E-state index is 12.0. The zero-order valence-corrected chi connectivity index (χ0v) is 18.8. The highest BCUT2D eigenvalue weighted by Gasteiger charge is 2.38. The van der Waals surface area contributed by atoms with Gasteiger partial charge in [-0.1, -0.05) is 6.92 Å². The van der Waals surface area contributed by atoms with Crippen molar-refractivity contribution in [2.24, 2.45) is 0 Å². The van der Waals surface area contributed by atoms with Gasteiger partial charge < -0.3 is 25.3 Å². The number of rotatable bonds is 3. The molecule has 0 bridgehead atoms. The summed E-state index contributed by atoms with van der Waals surface area (Å²) in [5, 5.41) is 17.0.